The van der Waals surface area contributed by atoms with Crippen LogP contribution in [0.15, 0.2) is 18.2 Å². The summed E-state index contributed by atoms with van der Waals surface area (Å²) >= 11 is 0. The summed E-state index contributed by atoms with van der Waals surface area (Å²) in [5.74, 6) is -2.33. The number of rotatable bonds is 6. The minimum absolute atomic E-state index is 0.140. The van der Waals surface area contributed by atoms with Crippen LogP contribution in [0, 0.1) is 11.6 Å². The van der Waals surface area contributed by atoms with Gasteiger partial charge in [-0.1, -0.05) is 0 Å². The van der Waals surface area contributed by atoms with Crippen LogP contribution < -0.4 is 5.32 Å². The number of unbranched alkanes of at least 4 members (excludes halogenated alkanes) is 1. The molecule has 0 saturated carbocycles. The molecule has 0 unspecified atom stereocenters. The van der Waals surface area contributed by atoms with Crippen LogP contribution in [0.25, 0.3) is 0 Å². The molecule has 1 amide bonds. The second-order valence-electron chi connectivity index (χ2n) is 4.40. The Labute approximate surface area is 106 Å². The van der Waals surface area contributed by atoms with Gasteiger partial charge in [0.2, 0.25) is 0 Å². The first-order chi connectivity index (χ1) is 8.50. The molecular weight excluding hydrogens is 238 g/mol. The number of hydrogen-bond donors (Lipinski definition) is 1. The van der Waals surface area contributed by atoms with Crippen LogP contribution in [-0.4, -0.2) is 38.0 Å². The van der Waals surface area contributed by atoms with Gasteiger partial charge in [0.15, 0.2) is 11.6 Å². The summed E-state index contributed by atoms with van der Waals surface area (Å²) in [6.07, 6.45) is 1.83. The van der Waals surface area contributed by atoms with Crippen molar-refractivity contribution >= 4 is 5.91 Å². The molecule has 5 heteroatoms. The average molecular weight is 256 g/mol. The van der Waals surface area contributed by atoms with Gasteiger partial charge in [-0.2, -0.15) is 0 Å². The summed E-state index contributed by atoms with van der Waals surface area (Å²) in [4.78, 5) is 13.7. The van der Waals surface area contributed by atoms with Crippen LogP contribution in [0.3, 0.4) is 0 Å². The van der Waals surface area contributed by atoms with E-state index >= 15 is 0 Å². The van der Waals surface area contributed by atoms with E-state index in [9.17, 15) is 13.6 Å². The molecule has 1 rings (SSSR count). The van der Waals surface area contributed by atoms with E-state index in [0.717, 1.165) is 31.5 Å². The van der Waals surface area contributed by atoms with Gasteiger partial charge in [0.05, 0.1) is 0 Å². The zero-order valence-corrected chi connectivity index (χ0v) is 10.7. The van der Waals surface area contributed by atoms with Crippen molar-refractivity contribution in [3.05, 3.63) is 35.4 Å². The lowest BCUT2D eigenvalue weighted by Crippen LogP contribution is -2.25. The molecule has 100 valence electrons. The maximum absolute atomic E-state index is 12.9. The van der Waals surface area contributed by atoms with Crippen molar-refractivity contribution < 1.29 is 13.6 Å². The highest BCUT2D eigenvalue weighted by atomic mass is 19.2. The van der Waals surface area contributed by atoms with Crippen molar-refractivity contribution in [2.24, 2.45) is 0 Å². The predicted molar refractivity (Wildman–Crippen MR) is 66.5 cm³/mol. The maximum Gasteiger partial charge on any atom is 0.251 e. The van der Waals surface area contributed by atoms with E-state index in [4.69, 9.17) is 0 Å². The highest BCUT2D eigenvalue weighted by Gasteiger charge is 2.08. The molecule has 0 atom stereocenters. The molecule has 0 saturated heterocycles. The maximum atomic E-state index is 12.9. The fourth-order valence-electron chi connectivity index (χ4n) is 1.49. The Kier molecular flexibility index (Phi) is 5.71. The van der Waals surface area contributed by atoms with Crippen LogP contribution in [0.5, 0.6) is 0 Å². The third kappa shape index (κ3) is 4.79. The van der Waals surface area contributed by atoms with E-state index < -0.39 is 11.6 Å². The van der Waals surface area contributed by atoms with Crippen molar-refractivity contribution in [1.29, 1.82) is 0 Å². The van der Waals surface area contributed by atoms with Gasteiger partial charge in [0.1, 0.15) is 0 Å². The minimum atomic E-state index is -1.00. The fraction of sp³-hybridized carbons (Fsp3) is 0.462. The SMILES string of the molecule is CN(C)CCCCNC(=O)c1ccc(F)c(F)c1. The van der Waals surface area contributed by atoms with Gasteiger partial charge in [-0.3, -0.25) is 4.79 Å². The van der Waals surface area contributed by atoms with E-state index in [0.29, 0.717) is 6.54 Å². The van der Waals surface area contributed by atoms with E-state index in [1.807, 2.05) is 14.1 Å². The van der Waals surface area contributed by atoms with Gasteiger partial charge >= 0.3 is 0 Å². The smallest absolute Gasteiger partial charge is 0.251 e. The molecule has 0 spiro atoms. The first-order valence-electron chi connectivity index (χ1n) is 5.88. The Hall–Kier alpha value is -1.49. The standard InChI is InChI=1S/C13H18F2N2O/c1-17(2)8-4-3-7-16-13(18)10-5-6-11(14)12(15)9-10/h5-6,9H,3-4,7-8H2,1-2H3,(H,16,18). The average Bonchev–Trinajstić information content (AvgIpc) is 2.31. The molecule has 18 heavy (non-hydrogen) atoms. The Balaban J connectivity index is 2.34. The lowest BCUT2D eigenvalue weighted by Gasteiger charge is -2.09. The second-order valence-corrected chi connectivity index (χ2v) is 4.40. The van der Waals surface area contributed by atoms with Gasteiger partial charge in [-0.15, -0.1) is 0 Å². The normalized spacial score (nSPS) is 10.7. The molecule has 0 aliphatic carbocycles. The molecule has 0 aromatic heterocycles. The number of amides is 1. The molecule has 1 aromatic carbocycles. The van der Waals surface area contributed by atoms with Crippen molar-refractivity contribution in [3.8, 4) is 0 Å². The quantitative estimate of drug-likeness (QED) is 0.790. The molecule has 0 radical (unpaired) electrons. The number of hydrogen-bond acceptors (Lipinski definition) is 2. The van der Waals surface area contributed by atoms with E-state index in [2.05, 4.69) is 10.2 Å². The number of carbonyl (C=O) groups is 1. The topological polar surface area (TPSA) is 32.3 Å². The molecular formula is C13H18F2N2O. The van der Waals surface area contributed by atoms with Gasteiger partial charge in [-0.05, 0) is 51.7 Å². The van der Waals surface area contributed by atoms with Crippen LogP contribution in [0.4, 0.5) is 8.78 Å². The summed E-state index contributed by atoms with van der Waals surface area (Å²) in [6.45, 7) is 1.49. The molecule has 0 aliphatic rings. The van der Waals surface area contributed by atoms with Gasteiger partial charge in [-0.25, -0.2) is 8.78 Å². The lowest BCUT2D eigenvalue weighted by molar-refractivity contribution is 0.0952. The van der Waals surface area contributed by atoms with Gasteiger partial charge < -0.3 is 10.2 Å². The third-order valence-electron chi connectivity index (χ3n) is 2.50. The summed E-state index contributed by atoms with van der Waals surface area (Å²) in [6, 6.07) is 3.13. The molecule has 0 bridgehead atoms. The summed E-state index contributed by atoms with van der Waals surface area (Å²) in [5.41, 5.74) is 0.140. The summed E-state index contributed by atoms with van der Waals surface area (Å²) in [5, 5.41) is 2.67. The van der Waals surface area contributed by atoms with Crippen molar-refractivity contribution in [1.82, 2.24) is 10.2 Å². The number of halogens is 2. The summed E-state index contributed by atoms with van der Waals surface area (Å²) in [7, 11) is 3.97. The Morgan fingerprint density at radius 3 is 2.56 bits per heavy atom. The lowest BCUT2D eigenvalue weighted by atomic mass is 10.2. The Bertz CT molecular complexity index is 408. The van der Waals surface area contributed by atoms with Crippen molar-refractivity contribution in [2.45, 2.75) is 12.8 Å². The zero-order chi connectivity index (χ0) is 13.5. The molecule has 0 heterocycles. The minimum Gasteiger partial charge on any atom is -0.352 e. The highest BCUT2D eigenvalue weighted by molar-refractivity contribution is 5.94. The van der Waals surface area contributed by atoms with Gasteiger partial charge in [0, 0.05) is 12.1 Å². The van der Waals surface area contributed by atoms with Crippen LogP contribution in [0.1, 0.15) is 23.2 Å². The van der Waals surface area contributed by atoms with Crippen LogP contribution in [-0.2, 0) is 0 Å². The van der Waals surface area contributed by atoms with Crippen LogP contribution in [0.2, 0.25) is 0 Å². The highest BCUT2D eigenvalue weighted by Crippen LogP contribution is 2.08. The van der Waals surface area contributed by atoms with E-state index in [-0.39, 0.29) is 11.5 Å². The second kappa shape index (κ2) is 7.06. The largest absolute Gasteiger partial charge is 0.352 e. The van der Waals surface area contributed by atoms with Crippen molar-refractivity contribution in [3.63, 3.8) is 0 Å². The first-order valence-corrected chi connectivity index (χ1v) is 5.88. The molecule has 0 aliphatic heterocycles. The zero-order valence-electron chi connectivity index (χ0n) is 10.7. The van der Waals surface area contributed by atoms with Gasteiger partial charge in [0.25, 0.3) is 5.91 Å². The predicted octanol–water partition coefficient (Wildman–Crippen LogP) is 2.04. The number of benzene rings is 1. The number of nitrogens with one attached hydrogen (secondary N) is 1. The molecule has 1 N–H and O–H groups in total. The first kappa shape index (κ1) is 14.6. The Morgan fingerprint density at radius 1 is 1.22 bits per heavy atom. The third-order valence-corrected chi connectivity index (χ3v) is 2.50. The molecule has 1 aromatic rings. The Morgan fingerprint density at radius 2 is 1.94 bits per heavy atom. The molecule has 0 fully saturated rings. The van der Waals surface area contributed by atoms with E-state index in [1.54, 1.807) is 0 Å². The number of carbonyl (C=O) groups excluding carboxylic acids is 1. The fourth-order valence-corrected chi connectivity index (χ4v) is 1.49. The summed E-state index contributed by atoms with van der Waals surface area (Å²) < 4.78 is 25.6. The number of nitrogens with zero attached hydrogens (tertiary/aromatic N) is 1. The van der Waals surface area contributed by atoms with E-state index in [1.165, 1.54) is 6.07 Å². The molecule has 3 nitrogen and oxygen atoms in total. The van der Waals surface area contributed by atoms with Crippen LogP contribution >= 0.6 is 0 Å². The van der Waals surface area contributed by atoms with Crippen molar-refractivity contribution in [2.75, 3.05) is 27.2 Å². The monoisotopic (exact) mass is 256 g/mol.